The highest BCUT2D eigenvalue weighted by Gasteiger charge is 2.37. The quantitative estimate of drug-likeness (QED) is 0.495. The van der Waals surface area contributed by atoms with Crippen molar-refractivity contribution in [2.45, 2.75) is 52.7 Å². The average Bonchev–Trinajstić information content (AvgIpc) is 2.77. The topological polar surface area (TPSA) is 52.6 Å². The lowest BCUT2D eigenvalue weighted by atomic mass is 9.83. The number of allylic oxidation sites excluding steroid dienone is 4. The van der Waals surface area contributed by atoms with E-state index >= 15 is 0 Å². The predicted octanol–water partition coefficient (Wildman–Crippen LogP) is 6.47. The summed E-state index contributed by atoms with van der Waals surface area (Å²) in [6.07, 6.45) is 7.82. The second kappa shape index (κ2) is 8.62. The zero-order valence-electron chi connectivity index (χ0n) is 19.0. The van der Waals surface area contributed by atoms with Crippen molar-refractivity contribution in [1.29, 1.82) is 0 Å². The van der Waals surface area contributed by atoms with Gasteiger partial charge in [0.05, 0.1) is 0 Å². The molecule has 1 aliphatic heterocycles. The molecule has 4 nitrogen and oxygen atoms in total. The zero-order chi connectivity index (χ0) is 22.9. The molecule has 164 valence electrons. The lowest BCUT2D eigenvalue weighted by Gasteiger charge is -2.33. The normalized spacial score (nSPS) is 19.2. The van der Waals surface area contributed by atoms with Crippen molar-refractivity contribution in [3.8, 4) is 5.75 Å². The molecular weight excluding hydrogens is 400 g/mol. The second-order valence-electron chi connectivity index (χ2n) is 8.85. The minimum Gasteiger partial charge on any atom is -0.484 e. The summed E-state index contributed by atoms with van der Waals surface area (Å²) in [5.41, 5.74) is 3.50. The second-order valence-corrected chi connectivity index (χ2v) is 8.85. The summed E-state index contributed by atoms with van der Waals surface area (Å²) in [5, 5.41) is 0. The first-order chi connectivity index (χ1) is 15.3. The molecule has 0 saturated heterocycles. The molecule has 2 aromatic rings. The Balaban J connectivity index is 1.63. The predicted molar refractivity (Wildman–Crippen MR) is 126 cm³/mol. The number of carbonyl (C=O) groups is 2. The Morgan fingerprint density at radius 2 is 1.81 bits per heavy atom. The molecule has 1 heterocycles. The Bertz CT molecular complexity index is 1160. The highest BCUT2D eigenvalue weighted by molar-refractivity contribution is 6.27. The Morgan fingerprint density at radius 3 is 2.53 bits per heavy atom. The van der Waals surface area contributed by atoms with Crippen molar-refractivity contribution < 1.29 is 19.1 Å². The van der Waals surface area contributed by atoms with Crippen molar-refractivity contribution in [2.24, 2.45) is 0 Å². The number of fused-ring (bicyclic) bond motifs is 3. The standard InChI is InChI=1S/C28H28O4/c1-18(2)9-8-15-28(4)16-14-21-23(32-28)13-12-22-24(21)26(30)27(19(3)25(22)29)31-17-20-10-6-5-7-11-20/h5-7,9-14,16H,8,15,17H2,1-4H3. The van der Waals surface area contributed by atoms with Crippen LogP contribution in [-0.4, -0.2) is 17.2 Å². The van der Waals surface area contributed by atoms with Crippen LogP contribution < -0.4 is 4.74 Å². The van der Waals surface area contributed by atoms with E-state index in [9.17, 15) is 9.59 Å². The summed E-state index contributed by atoms with van der Waals surface area (Å²) < 4.78 is 12.2. The van der Waals surface area contributed by atoms with Gasteiger partial charge < -0.3 is 9.47 Å². The Hall–Kier alpha value is -3.40. The van der Waals surface area contributed by atoms with Gasteiger partial charge in [-0.05, 0) is 64.3 Å². The van der Waals surface area contributed by atoms with Gasteiger partial charge in [0, 0.05) is 22.3 Å². The molecule has 0 bridgehead atoms. The van der Waals surface area contributed by atoms with Gasteiger partial charge in [0.15, 0.2) is 11.5 Å². The van der Waals surface area contributed by atoms with Gasteiger partial charge >= 0.3 is 0 Å². The third-order valence-electron chi connectivity index (χ3n) is 5.93. The van der Waals surface area contributed by atoms with Gasteiger partial charge in [0.2, 0.25) is 5.78 Å². The van der Waals surface area contributed by atoms with E-state index in [4.69, 9.17) is 9.47 Å². The van der Waals surface area contributed by atoms with Gasteiger partial charge in [-0.2, -0.15) is 0 Å². The first kappa shape index (κ1) is 21.8. The largest absolute Gasteiger partial charge is 0.484 e. The summed E-state index contributed by atoms with van der Waals surface area (Å²) in [6, 6.07) is 13.1. The first-order valence-electron chi connectivity index (χ1n) is 10.9. The third-order valence-corrected chi connectivity index (χ3v) is 5.93. The van der Waals surface area contributed by atoms with Crippen LogP contribution in [0.5, 0.6) is 5.75 Å². The highest BCUT2D eigenvalue weighted by Crippen LogP contribution is 2.40. The summed E-state index contributed by atoms with van der Waals surface area (Å²) in [5.74, 6) is 0.279. The van der Waals surface area contributed by atoms with Crippen LogP contribution in [0.2, 0.25) is 0 Å². The van der Waals surface area contributed by atoms with Gasteiger partial charge in [-0.15, -0.1) is 0 Å². The Kier molecular flexibility index (Phi) is 5.88. The van der Waals surface area contributed by atoms with Crippen LogP contribution in [0.1, 0.15) is 72.4 Å². The number of rotatable bonds is 6. The molecule has 4 heteroatoms. The molecule has 0 fully saturated rings. The monoisotopic (exact) mass is 428 g/mol. The van der Waals surface area contributed by atoms with Gasteiger partial charge in [-0.25, -0.2) is 0 Å². The van der Waals surface area contributed by atoms with E-state index in [1.54, 1.807) is 19.1 Å². The number of benzene rings is 2. The Labute approximate surface area is 189 Å². The molecule has 0 aromatic heterocycles. The van der Waals surface area contributed by atoms with E-state index in [1.165, 1.54) is 5.57 Å². The Morgan fingerprint density at radius 1 is 1.06 bits per heavy atom. The molecule has 0 amide bonds. The number of hydrogen-bond acceptors (Lipinski definition) is 4. The third kappa shape index (κ3) is 4.18. The summed E-state index contributed by atoms with van der Waals surface area (Å²) in [4.78, 5) is 26.5. The van der Waals surface area contributed by atoms with Crippen LogP contribution in [0, 0.1) is 0 Å². The van der Waals surface area contributed by atoms with Gasteiger partial charge in [-0.3, -0.25) is 9.59 Å². The van der Waals surface area contributed by atoms with Crippen LogP contribution in [0.15, 0.2) is 71.5 Å². The number of Topliss-reactive ketones (excluding diaryl/α,β-unsaturated/α-hetero) is 2. The molecule has 32 heavy (non-hydrogen) atoms. The maximum atomic E-state index is 13.4. The number of carbonyl (C=O) groups excluding carboxylic acids is 2. The molecular formula is C28H28O4. The van der Waals surface area contributed by atoms with Crippen molar-refractivity contribution >= 4 is 17.6 Å². The van der Waals surface area contributed by atoms with Gasteiger partial charge in [0.1, 0.15) is 18.0 Å². The smallest absolute Gasteiger partial charge is 0.229 e. The average molecular weight is 429 g/mol. The SMILES string of the molecule is CC(C)=CCCC1(C)C=Cc2c(ccc3c2C(=O)C(OCc2ccccc2)=C(C)C3=O)O1. The fourth-order valence-electron chi connectivity index (χ4n) is 4.11. The van der Waals surface area contributed by atoms with Crippen molar-refractivity contribution in [1.82, 2.24) is 0 Å². The number of ether oxygens (including phenoxy) is 2. The molecule has 2 aliphatic rings. The molecule has 1 atom stereocenters. The maximum Gasteiger partial charge on any atom is 0.229 e. The number of ketones is 2. The zero-order valence-corrected chi connectivity index (χ0v) is 19.0. The van der Waals surface area contributed by atoms with Crippen LogP contribution in [0.25, 0.3) is 6.08 Å². The van der Waals surface area contributed by atoms with E-state index in [2.05, 4.69) is 19.9 Å². The van der Waals surface area contributed by atoms with E-state index in [-0.39, 0.29) is 23.9 Å². The minimum absolute atomic E-state index is 0.116. The van der Waals surface area contributed by atoms with E-state index < -0.39 is 5.60 Å². The van der Waals surface area contributed by atoms with Crippen LogP contribution in [-0.2, 0) is 11.3 Å². The molecule has 4 rings (SSSR count). The molecule has 1 unspecified atom stereocenters. The van der Waals surface area contributed by atoms with Crippen molar-refractivity contribution in [2.75, 3.05) is 0 Å². The number of hydrogen-bond donors (Lipinski definition) is 0. The van der Waals surface area contributed by atoms with Crippen LogP contribution in [0.4, 0.5) is 0 Å². The lowest BCUT2D eigenvalue weighted by Crippen LogP contribution is -2.33. The first-order valence-corrected chi connectivity index (χ1v) is 10.9. The molecule has 0 saturated carbocycles. The lowest BCUT2D eigenvalue weighted by molar-refractivity contribution is 0.0855. The molecule has 2 aromatic carbocycles. The summed E-state index contributed by atoms with van der Waals surface area (Å²) in [7, 11) is 0. The molecule has 0 N–H and O–H groups in total. The van der Waals surface area contributed by atoms with Crippen molar-refractivity contribution in [3.05, 3.63) is 93.8 Å². The van der Waals surface area contributed by atoms with E-state index in [0.717, 1.165) is 18.4 Å². The molecule has 1 aliphatic carbocycles. The van der Waals surface area contributed by atoms with E-state index in [0.29, 0.717) is 28.0 Å². The highest BCUT2D eigenvalue weighted by atomic mass is 16.5. The van der Waals surface area contributed by atoms with Gasteiger partial charge in [0.25, 0.3) is 0 Å². The summed E-state index contributed by atoms with van der Waals surface area (Å²) in [6.45, 7) is 8.07. The fraction of sp³-hybridized carbons (Fsp3) is 0.286. The van der Waals surface area contributed by atoms with Crippen molar-refractivity contribution in [3.63, 3.8) is 0 Å². The molecule has 0 radical (unpaired) electrons. The van der Waals surface area contributed by atoms with Gasteiger partial charge in [-0.1, -0.05) is 48.1 Å². The molecule has 0 spiro atoms. The fourth-order valence-corrected chi connectivity index (χ4v) is 4.11. The maximum absolute atomic E-state index is 13.4. The van der Waals surface area contributed by atoms with E-state index in [1.807, 2.05) is 49.4 Å². The summed E-state index contributed by atoms with van der Waals surface area (Å²) >= 11 is 0. The van der Waals surface area contributed by atoms with Crippen LogP contribution >= 0.6 is 0 Å². The van der Waals surface area contributed by atoms with Crippen LogP contribution in [0.3, 0.4) is 0 Å². The minimum atomic E-state index is -0.465.